The summed E-state index contributed by atoms with van der Waals surface area (Å²) >= 11 is 5.34. The van der Waals surface area contributed by atoms with Crippen molar-refractivity contribution >= 4 is 27.3 Å². The first-order valence-corrected chi connectivity index (χ1v) is 6.50. The summed E-state index contributed by atoms with van der Waals surface area (Å²) in [5.74, 6) is 0. The molecule has 0 aromatic carbocycles. The van der Waals surface area contributed by atoms with Gasteiger partial charge in [-0.3, -0.25) is 0 Å². The number of hydrogen-bond donors (Lipinski definition) is 1. The second-order valence-electron chi connectivity index (χ2n) is 3.17. The van der Waals surface area contributed by atoms with Gasteiger partial charge in [0, 0.05) is 15.4 Å². The van der Waals surface area contributed by atoms with Gasteiger partial charge in [-0.25, -0.2) is 0 Å². The maximum absolute atomic E-state index is 3.55. The molecule has 1 heterocycles. The molecule has 1 aromatic rings. The van der Waals surface area contributed by atoms with Crippen LogP contribution in [0, 0.1) is 0 Å². The van der Waals surface area contributed by atoms with Gasteiger partial charge in [0.15, 0.2) is 0 Å². The fraction of sp³-hybridized carbons (Fsp3) is 0.455. The molecule has 0 aliphatic rings. The third-order valence-electron chi connectivity index (χ3n) is 2.04. The molecule has 0 amide bonds. The highest BCUT2D eigenvalue weighted by atomic mass is 79.9. The molecule has 1 atom stereocenters. The van der Waals surface area contributed by atoms with Crippen molar-refractivity contribution in [2.75, 3.05) is 6.54 Å². The van der Waals surface area contributed by atoms with Gasteiger partial charge in [0.05, 0.1) is 0 Å². The van der Waals surface area contributed by atoms with E-state index in [2.05, 4.69) is 58.7 Å². The molecular formula is C11H16BrNS. The van der Waals surface area contributed by atoms with E-state index < -0.39 is 0 Å². The molecule has 1 unspecified atom stereocenters. The number of thiophene rings is 1. The Morgan fingerprint density at radius 3 is 3.00 bits per heavy atom. The number of hydrogen-bond acceptors (Lipinski definition) is 2. The lowest BCUT2D eigenvalue weighted by Gasteiger charge is -2.11. The second kappa shape index (κ2) is 6.38. The van der Waals surface area contributed by atoms with Gasteiger partial charge in [0.1, 0.15) is 0 Å². The van der Waals surface area contributed by atoms with E-state index in [-0.39, 0.29) is 0 Å². The Morgan fingerprint density at radius 2 is 2.43 bits per heavy atom. The minimum Gasteiger partial charge on any atom is -0.309 e. The van der Waals surface area contributed by atoms with Gasteiger partial charge in [-0.1, -0.05) is 12.2 Å². The summed E-state index contributed by atoms with van der Waals surface area (Å²) in [5, 5.41) is 5.60. The second-order valence-corrected chi connectivity index (χ2v) is 4.97. The van der Waals surface area contributed by atoms with Crippen molar-refractivity contribution in [2.45, 2.75) is 26.3 Å². The van der Waals surface area contributed by atoms with Gasteiger partial charge in [-0.2, -0.15) is 0 Å². The lowest BCUT2D eigenvalue weighted by Crippen LogP contribution is -2.18. The summed E-state index contributed by atoms with van der Waals surface area (Å²) in [6, 6.07) is 2.54. The van der Waals surface area contributed by atoms with Crippen LogP contribution < -0.4 is 5.32 Å². The third kappa shape index (κ3) is 3.56. The largest absolute Gasteiger partial charge is 0.309 e. The maximum Gasteiger partial charge on any atom is 0.0397 e. The molecule has 0 saturated carbocycles. The van der Waals surface area contributed by atoms with E-state index in [1.807, 2.05) is 0 Å². The van der Waals surface area contributed by atoms with Crippen molar-refractivity contribution < 1.29 is 0 Å². The van der Waals surface area contributed by atoms with E-state index in [4.69, 9.17) is 0 Å². The average molecular weight is 274 g/mol. The average Bonchev–Trinajstić information content (AvgIpc) is 2.59. The first-order chi connectivity index (χ1) is 6.75. The van der Waals surface area contributed by atoms with Crippen LogP contribution in [0.25, 0.3) is 0 Å². The highest BCUT2D eigenvalue weighted by Crippen LogP contribution is 2.28. The third-order valence-corrected chi connectivity index (χ3v) is 4.09. The molecule has 1 aromatic heterocycles. The molecule has 0 fully saturated rings. The van der Waals surface area contributed by atoms with Crippen molar-refractivity contribution in [1.82, 2.24) is 5.32 Å². The Morgan fingerprint density at radius 1 is 1.64 bits per heavy atom. The summed E-state index contributed by atoms with van der Waals surface area (Å²) < 4.78 is 1.22. The normalized spacial score (nSPS) is 13.6. The van der Waals surface area contributed by atoms with Gasteiger partial charge in [-0.15, -0.1) is 11.3 Å². The van der Waals surface area contributed by atoms with E-state index in [9.17, 15) is 0 Å². The molecule has 0 aliphatic carbocycles. The Hall–Kier alpha value is -0.120. The summed E-state index contributed by atoms with van der Waals surface area (Å²) in [7, 11) is 0. The monoisotopic (exact) mass is 273 g/mol. The Kier molecular flexibility index (Phi) is 5.45. The van der Waals surface area contributed by atoms with Crippen LogP contribution in [0.15, 0.2) is 28.1 Å². The number of rotatable bonds is 5. The minimum absolute atomic E-state index is 0.439. The lowest BCUT2D eigenvalue weighted by atomic mass is 10.2. The SMILES string of the molecule is C/C=C/CCNC(C)c1sccc1Br. The number of allylic oxidation sites excluding steroid dienone is 1. The fourth-order valence-electron chi connectivity index (χ4n) is 1.26. The van der Waals surface area contributed by atoms with Gasteiger partial charge >= 0.3 is 0 Å². The summed E-state index contributed by atoms with van der Waals surface area (Å²) in [4.78, 5) is 1.38. The van der Waals surface area contributed by atoms with E-state index >= 15 is 0 Å². The molecule has 0 aliphatic heterocycles. The van der Waals surface area contributed by atoms with Crippen LogP contribution in [0.5, 0.6) is 0 Å². The molecule has 78 valence electrons. The van der Waals surface area contributed by atoms with Crippen LogP contribution in [0.3, 0.4) is 0 Å². The standard InChI is InChI=1S/C11H16BrNS/c1-3-4-5-7-13-9(2)11-10(12)6-8-14-11/h3-4,6,8-9,13H,5,7H2,1-2H3/b4-3+. The number of nitrogens with one attached hydrogen (secondary N) is 1. The molecule has 0 saturated heterocycles. The van der Waals surface area contributed by atoms with Crippen molar-refractivity contribution in [3.63, 3.8) is 0 Å². The van der Waals surface area contributed by atoms with Gasteiger partial charge < -0.3 is 5.32 Å². The van der Waals surface area contributed by atoms with E-state index in [1.165, 1.54) is 9.35 Å². The summed E-state index contributed by atoms with van der Waals surface area (Å²) in [6.07, 6.45) is 5.38. The molecule has 3 heteroatoms. The molecule has 1 rings (SSSR count). The molecule has 14 heavy (non-hydrogen) atoms. The lowest BCUT2D eigenvalue weighted by molar-refractivity contribution is 0.587. The first kappa shape index (κ1) is 12.0. The van der Waals surface area contributed by atoms with E-state index in [0.29, 0.717) is 6.04 Å². The zero-order chi connectivity index (χ0) is 10.4. The fourth-order valence-corrected chi connectivity index (χ4v) is 3.01. The summed E-state index contributed by atoms with van der Waals surface area (Å²) in [5.41, 5.74) is 0. The minimum atomic E-state index is 0.439. The van der Waals surface area contributed by atoms with E-state index in [1.54, 1.807) is 11.3 Å². The van der Waals surface area contributed by atoms with Crippen molar-refractivity contribution in [1.29, 1.82) is 0 Å². The first-order valence-electron chi connectivity index (χ1n) is 4.83. The molecule has 0 bridgehead atoms. The molecule has 1 N–H and O–H groups in total. The van der Waals surface area contributed by atoms with Crippen LogP contribution in [-0.4, -0.2) is 6.54 Å². The van der Waals surface area contributed by atoms with Crippen molar-refractivity contribution in [3.05, 3.63) is 32.9 Å². The molecule has 0 spiro atoms. The van der Waals surface area contributed by atoms with Crippen molar-refractivity contribution in [3.8, 4) is 0 Å². The van der Waals surface area contributed by atoms with Gasteiger partial charge in [0.25, 0.3) is 0 Å². The Balaban J connectivity index is 2.35. The predicted octanol–water partition coefficient (Wildman–Crippen LogP) is 4.13. The van der Waals surface area contributed by atoms with Gasteiger partial charge in [-0.05, 0) is 54.2 Å². The Labute approximate surface area is 98.4 Å². The van der Waals surface area contributed by atoms with Crippen LogP contribution in [0.2, 0.25) is 0 Å². The predicted molar refractivity (Wildman–Crippen MR) is 67.9 cm³/mol. The summed E-state index contributed by atoms with van der Waals surface area (Å²) in [6.45, 7) is 5.29. The highest BCUT2D eigenvalue weighted by Gasteiger charge is 2.08. The zero-order valence-electron chi connectivity index (χ0n) is 8.59. The Bertz CT molecular complexity index is 293. The number of halogens is 1. The highest BCUT2D eigenvalue weighted by molar-refractivity contribution is 9.10. The zero-order valence-corrected chi connectivity index (χ0v) is 11.0. The topological polar surface area (TPSA) is 12.0 Å². The van der Waals surface area contributed by atoms with E-state index in [0.717, 1.165) is 13.0 Å². The van der Waals surface area contributed by atoms with Crippen LogP contribution in [0.4, 0.5) is 0 Å². The van der Waals surface area contributed by atoms with Gasteiger partial charge in [0.2, 0.25) is 0 Å². The molecular weight excluding hydrogens is 258 g/mol. The van der Waals surface area contributed by atoms with Crippen LogP contribution >= 0.6 is 27.3 Å². The van der Waals surface area contributed by atoms with Crippen molar-refractivity contribution in [2.24, 2.45) is 0 Å². The maximum atomic E-state index is 3.55. The smallest absolute Gasteiger partial charge is 0.0397 e. The van der Waals surface area contributed by atoms with Crippen LogP contribution in [-0.2, 0) is 0 Å². The molecule has 1 nitrogen and oxygen atoms in total. The van der Waals surface area contributed by atoms with Crippen LogP contribution in [0.1, 0.15) is 31.2 Å². The quantitative estimate of drug-likeness (QED) is 0.629. The molecule has 0 radical (unpaired) electrons.